The lowest BCUT2D eigenvalue weighted by Crippen LogP contribution is -2.30. The van der Waals surface area contributed by atoms with Crippen LogP contribution in [0.25, 0.3) is 21.3 Å². The molecule has 1 atom stereocenters. The van der Waals surface area contributed by atoms with E-state index < -0.39 is 18.0 Å². The van der Waals surface area contributed by atoms with Gasteiger partial charge in [-0.2, -0.15) is 0 Å². The molecule has 1 heterocycles. The third-order valence-corrected chi connectivity index (χ3v) is 5.94. The third kappa shape index (κ3) is 4.80. The Bertz CT molecular complexity index is 1310. The number of amides is 1. The van der Waals surface area contributed by atoms with Crippen molar-refractivity contribution in [3.05, 3.63) is 71.7 Å². The van der Waals surface area contributed by atoms with Gasteiger partial charge in [-0.05, 0) is 36.6 Å². The van der Waals surface area contributed by atoms with Gasteiger partial charge >= 0.3 is 5.97 Å². The summed E-state index contributed by atoms with van der Waals surface area (Å²) in [4.78, 5) is 29.6. The van der Waals surface area contributed by atoms with Crippen LogP contribution in [0.3, 0.4) is 0 Å². The zero-order chi connectivity index (χ0) is 23.4. The Kier molecular flexibility index (Phi) is 6.55. The fourth-order valence-electron chi connectivity index (χ4n) is 3.31. The molecule has 0 aliphatic rings. The Morgan fingerprint density at radius 2 is 1.73 bits per heavy atom. The second-order valence-electron chi connectivity index (χ2n) is 7.17. The number of methoxy groups -OCH3 is 2. The molecule has 0 radical (unpaired) electrons. The largest absolute Gasteiger partial charge is 0.493 e. The van der Waals surface area contributed by atoms with Crippen molar-refractivity contribution in [2.45, 2.75) is 13.0 Å². The second kappa shape index (κ2) is 9.70. The van der Waals surface area contributed by atoms with E-state index in [1.54, 1.807) is 31.7 Å². The zero-order valence-electron chi connectivity index (χ0n) is 18.3. The van der Waals surface area contributed by atoms with Crippen molar-refractivity contribution in [1.29, 1.82) is 0 Å². The predicted octanol–water partition coefficient (Wildman–Crippen LogP) is 5.16. The molecule has 0 bridgehead atoms. The average molecular weight is 463 g/mol. The van der Waals surface area contributed by atoms with Gasteiger partial charge in [-0.3, -0.25) is 4.79 Å². The van der Waals surface area contributed by atoms with Crippen molar-refractivity contribution in [3.63, 3.8) is 0 Å². The highest BCUT2D eigenvalue weighted by Crippen LogP contribution is 2.33. The van der Waals surface area contributed by atoms with Gasteiger partial charge in [0.2, 0.25) is 0 Å². The van der Waals surface area contributed by atoms with Crippen molar-refractivity contribution >= 4 is 39.7 Å². The number of esters is 1. The van der Waals surface area contributed by atoms with Gasteiger partial charge in [-0.25, -0.2) is 9.78 Å². The third-order valence-electron chi connectivity index (χ3n) is 5.04. The van der Waals surface area contributed by atoms with Gasteiger partial charge in [0.15, 0.2) is 23.3 Å². The topological polar surface area (TPSA) is 86.8 Å². The summed E-state index contributed by atoms with van der Waals surface area (Å²) in [6.45, 7) is 1.53. The molecule has 1 aromatic heterocycles. The molecule has 7 nitrogen and oxygen atoms in total. The summed E-state index contributed by atoms with van der Waals surface area (Å²) in [6, 6.07) is 18.7. The first-order valence-corrected chi connectivity index (χ1v) is 11.1. The van der Waals surface area contributed by atoms with Crippen LogP contribution in [0.2, 0.25) is 0 Å². The van der Waals surface area contributed by atoms with E-state index in [-0.39, 0.29) is 5.69 Å². The number of hydrogen-bond acceptors (Lipinski definition) is 7. The standard InChI is InChI=1S/C25H22N2O5S/c1-15(23(28)26-19-10-6-8-16-7-4-5-9-18(16)19)32-25(29)20-14-33-24(27-20)17-11-12-21(30-2)22(13-17)31-3/h4-15H,1-3H3,(H,26,28). The summed E-state index contributed by atoms with van der Waals surface area (Å²) in [6.07, 6.45) is -0.998. The van der Waals surface area contributed by atoms with E-state index in [1.165, 1.54) is 18.3 Å². The molecule has 1 amide bonds. The van der Waals surface area contributed by atoms with Crippen molar-refractivity contribution in [3.8, 4) is 22.1 Å². The van der Waals surface area contributed by atoms with Gasteiger partial charge < -0.3 is 19.5 Å². The van der Waals surface area contributed by atoms with Gasteiger partial charge in [0.05, 0.1) is 14.2 Å². The number of fused-ring (bicyclic) bond motifs is 1. The molecular weight excluding hydrogens is 440 g/mol. The van der Waals surface area contributed by atoms with Crippen molar-refractivity contribution in [2.75, 3.05) is 19.5 Å². The Balaban J connectivity index is 1.44. The summed E-state index contributed by atoms with van der Waals surface area (Å²) < 4.78 is 15.9. The number of carbonyl (C=O) groups excluding carboxylic acids is 2. The first-order valence-electron chi connectivity index (χ1n) is 10.2. The molecule has 0 aliphatic carbocycles. The molecule has 4 rings (SSSR count). The minimum Gasteiger partial charge on any atom is -0.493 e. The van der Waals surface area contributed by atoms with Crippen LogP contribution in [-0.2, 0) is 9.53 Å². The highest BCUT2D eigenvalue weighted by atomic mass is 32.1. The monoisotopic (exact) mass is 462 g/mol. The van der Waals surface area contributed by atoms with Gasteiger partial charge in [0.25, 0.3) is 5.91 Å². The predicted molar refractivity (Wildman–Crippen MR) is 128 cm³/mol. The number of ether oxygens (including phenoxy) is 3. The minimum absolute atomic E-state index is 0.134. The number of nitrogens with one attached hydrogen (secondary N) is 1. The van der Waals surface area contributed by atoms with Gasteiger partial charge in [-0.15, -0.1) is 11.3 Å². The maximum atomic E-state index is 12.6. The Morgan fingerprint density at radius 1 is 0.970 bits per heavy atom. The Morgan fingerprint density at radius 3 is 2.52 bits per heavy atom. The lowest BCUT2D eigenvalue weighted by Gasteiger charge is -2.14. The molecule has 0 fully saturated rings. The van der Waals surface area contributed by atoms with Crippen LogP contribution in [0.5, 0.6) is 11.5 Å². The summed E-state index contributed by atoms with van der Waals surface area (Å²) in [7, 11) is 3.11. The normalized spacial score (nSPS) is 11.6. The van der Waals surface area contributed by atoms with Crippen LogP contribution in [0.4, 0.5) is 5.69 Å². The molecule has 0 spiro atoms. The maximum Gasteiger partial charge on any atom is 0.358 e. The van der Waals surface area contributed by atoms with Gasteiger partial charge in [0.1, 0.15) is 5.01 Å². The number of carbonyl (C=O) groups is 2. The molecule has 0 aliphatic heterocycles. The molecule has 4 aromatic rings. The molecule has 168 valence electrons. The fraction of sp³-hybridized carbons (Fsp3) is 0.160. The summed E-state index contributed by atoms with van der Waals surface area (Å²) in [5.41, 5.74) is 1.57. The SMILES string of the molecule is COc1ccc(-c2nc(C(=O)OC(C)C(=O)Nc3cccc4ccccc34)cs2)cc1OC. The average Bonchev–Trinajstić information content (AvgIpc) is 3.34. The van der Waals surface area contributed by atoms with Crippen molar-refractivity contribution < 1.29 is 23.8 Å². The molecule has 1 unspecified atom stereocenters. The Labute approximate surface area is 194 Å². The van der Waals surface area contributed by atoms with E-state index in [4.69, 9.17) is 14.2 Å². The lowest BCUT2D eigenvalue weighted by atomic mass is 10.1. The number of anilines is 1. The molecule has 8 heteroatoms. The smallest absolute Gasteiger partial charge is 0.358 e. The summed E-state index contributed by atoms with van der Waals surface area (Å²) in [5.74, 6) is 0.0742. The Hall–Kier alpha value is -3.91. The van der Waals surface area contributed by atoms with Crippen LogP contribution in [0.1, 0.15) is 17.4 Å². The number of nitrogens with zero attached hydrogens (tertiary/aromatic N) is 1. The zero-order valence-corrected chi connectivity index (χ0v) is 19.1. The number of thiazole rings is 1. The fourth-order valence-corrected chi connectivity index (χ4v) is 4.10. The van der Waals surface area contributed by atoms with Crippen LogP contribution in [0.15, 0.2) is 66.0 Å². The molecule has 1 N–H and O–H groups in total. The van der Waals surface area contributed by atoms with Crippen LogP contribution in [0, 0.1) is 0 Å². The van der Waals surface area contributed by atoms with E-state index in [0.717, 1.165) is 16.3 Å². The minimum atomic E-state index is -0.998. The second-order valence-corrected chi connectivity index (χ2v) is 8.03. The maximum absolute atomic E-state index is 12.6. The number of hydrogen-bond donors (Lipinski definition) is 1. The molecule has 0 saturated heterocycles. The molecule has 0 saturated carbocycles. The number of aromatic nitrogens is 1. The quantitative estimate of drug-likeness (QED) is 0.382. The van der Waals surface area contributed by atoms with Gasteiger partial charge in [-0.1, -0.05) is 36.4 Å². The van der Waals surface area contributed by atoms with Crippen molar-refractivity contribution in [1.82, 2.24) is 4.98 Å². The summed E-state index contributed by atoms with van der Waals surface area (Å²) >= 11 is 1.29. The van der Waals surface area contributed by atoms with E-state index >= 15 is 0 Å². The first-order chi connectivity index (χ1) is 16.0. The highest BCUT2D eigenvalue weighted by molar-refractivity contribution is 7.13. The number of rotatable bonds is 7. The molecular formula is C25H22N2O5S. The van der Waals surface area contributed by atoms with E-state index in [9.17, 15) is 9.59 Å². The van der Waals surface area contributed by atoms with Crippen LogP contribution < -0.4 is 14.8 Å². The molecule has 33 heavy (non-hydrogen) atoms. The van der Waals surface area contributed by atoms with Crippen LogP contribution >= 0.6 is 11.3 Å². The van der Waals surface area contributed by atoms with E-state index in [1.807, 2.05) is 48.5 Å². The van der Waals surface area contributed by atoms with E-state index in [2.05, 4.69) is 10.3 Å². The summed E-state index contributed by atoms with van der Waals surface area (Å²) in [5, 5.41) is 6.97. The first kappa shape index (κ1) is 22.3. The highest BCUT2D eigenvalue weighted by Gasteiger charge is 2.22. The van der Waals surface area contributed by atoms with Crippen LogP contribution in [-0.4, -0.2) is 37.2 Å². The number of benzene rings is 3. The molecule has 3 aromatic carbocycles. The van der Waals surface area contributed by atoms with Crippen molar-refractivity contribution in [2.24, 2.45) is 0 Å². The van der Waals surface area contributed by atoms with E-state index in [0.29, 0.717) is 22.2 Å². The lowest BCUT2D eigenvalue weighted by molar-refractivity contribution is -0.123. The van der Waals surface area contributed by atoms with Gasteiger partial charge in [0, 0.05) is 22.0 Å².